The summed E-state index contributed by atoms with van der Waals surface area (Å²) in [5.41, 5.74) is 0.979. The van der Waals surface area contributed by atoms with Crippen molar-refractivity contribution in [1.29, 1.82) is 0 Å². The molecule has 130 valence electrons. The van der Waals surface area contributed by atoms with Crippen LogP contribution in [0.15, 0.2) is 24.5 Å². The molecule has 0 unspecified atom stereocenters. The number of nitrogens with zero attached hydrogens (tertiary/aromatic N) is 4. The first kappa shape index (κ1) is 16.8. The second-order valence-electron chi connectivity index (χ2n) is 6.11. The molecule has 1 N–H and O–H groups in total. The maximum absolute atomic E-state index is 12.5. The Kier molecular flexibility index (Phi) is 5.39. The summed E-state index contributed by atoms with van der Waals surface area (Å²) in [4.78, 5) is 18.7. The molecule has 2 atom stereocenters. The van der Waals surface area contributed by atoms with Crippen LogP contribution in [0.1, 0.15) is 16.9 Å². The zero-order valence-corrected chi connectivity index (χ0v) is 14.0. The summed E-state index contributed by atoms with van der Waals surface area (Å²) in [5, 5.41) is 7.22. The van der Waals surface area contributed by atoms with Gasteiger partial charge in [-0.2, -0.15) is 5.10 Å². The van der Waals surface area contributed by atoms with Gasteiger partial charge in [0, 0.05) is 31.6 Å². The molecule has 1 amide bonds. The predicted octanol–water partition coefficient (Wildman–Crippen LogP) is 0.195. The molecule has 0 saturated carbocycles. The van der Waals surface area contributed by atoms with Crippen LogP contribution in [-0.2, 0) is 9.47 Å². The number of aromatic nitrogens is 3. The van der Waals surface area contributed by atoms with Crippen LogP contribution in [0.3, 0.4) is 0 Å². The number of carbonyl (C=O) groups is 1. The molecule has 8 nitrogen and oxygen atoms in total. The third-order valence-electron chi connectivity index (χ3n) is 3.95. The summed E-state index contributed by atoms with van der Waals surface area (Å²) in [6.45, 7) is 2.57. The highest BCUT2D eigenvalue weighted by Crippen LogP contribution is 2.13. The molecule has 1 aliphatic heterocycles. The maximum atomic E-state index is 12.5. The van der Waals surface area contributed by atoms with E-state index in [-0.39, 0.29) is 18.1 Å². The van der Waals surface area contributed by atoms with Crippen molar-refractivity contribution < 1.29 is 14.3 Å². The van der Waals surface area contributed by atoms with Crippen molar-refractivity contribution in [2.45, 2.75) is 18.6 Å². The fourth-order valence-corrected chi connectivity index (χ4v) is 2.62. The lowest BCUT2D eigenvalue weighted by Crippen LogP contribution is -2.51. The molecule has 0 aliphatic carbocycles. The highest BCUT2D eigenvalue weighted by atomic mass is 16.5. The van der Waals surface area contributed by atoms with Crippen molar-refractivity contribution in [1.82, 2.24) is 24.8 Å². The molecule has 1 aliphatic rings. The molecular formula is C16H23N5O3. The number of likely N-dealkylation sites (N-methyl/N-ethyl adjacent to an activating group) is 1. The van der Waals surface area contributed by atoms with E-state index in [2.05, 4.69) is 20.3 Å². The van der Waals surface area contributed by atoms with Gasteiger partial charge in [-0.1, -0.05) is 0 Å². The SMILES string of the molecule is CN(C)CCO[C@H]1CCOC[C@H]1NC(=O)c1cc2ncccn2n1. The monoisotopic (exact) mass is 333 g/mol. The van der Waals surface area contributed by atoms with E-state index in [1.54, 1.807) is 29.0 Å². The van der Waals surface area contributed by atoms with Gasteiger partial charge in [0.15, 0.2) is 11.3 Å². The predicted molar refractivity (Wildman–Crippen MR) is 88.0 cm³/mol. The van der Waals surface area contributed by atoms with Crippen LogP contribution >= 0.6 is 0 Å². The number of fused-ring (bicyclic) bond motifs is 1. The second-order valence-corrected chi connectivity index (χ2v) is 6.11. The van der Waals surface area contributed by atoms with Gasteiger partial charge in [0.25, 0.3) is 5.91 Å². The lowest BCUT2D eigenvalue weighted by Gasteiger charge is -2.32. The minimum atomic E-state index is -0.239. The van der Waals surface area contributed by atoms with Crippen LogP contribution in [0.4, 0.5) is 0 Å². The Morgan fingerprint density at radius 3 is 3.21 bits per heavy atom. The first-order valence-electron chi connectivity index (χ1n) is 8.09. The summed E-state index contributed by atoms with van der Waals surface area (Å²) in [6, 6.07) is 3.26. The Morgan fingerprint density at radius 1 is 1.54 bits per heavy atom. The molecule has 8 heteroatoms. The number of carbonyl (C=O) groups excluding carboxylic acids is 1. The average Bonchev–Trinajstić information content (AvgIpc) is 3.00. The molecule has 2 aromatic rings. The van der Waals surface area contributed by atoms with Crippen molar-refractivity contribution >= 4 is 11.6 Å². The van der Waals surface area contributed by atoms with Gasteiger partial charge < -0.3 is 19.7 Å². The lowest BCUT2D eigenvalue weighted by molar-refractivity contribution is -0.0562. The van der Waals surface area contributed by atoms with Crippen molar-refractivity contribution in [3.05, 3.63) is 30.2 Å². The Morgan fingerprint density at radius 2 is 2.42 bits per heavy atom. The summed E-state index contributed by atoms with van der Waals surface area (Å²) >= 11 is 0. The van der Waals surface area contributed by atoms with Gasteiger partial charge in [-0.25, -0.2) is 9.50 Å². The molecule has 1 saturated heterocycles. The molecule has 0 bridgehead atoms. The first-order valence-corrected chi connectivity index (χ1v) is 8.09. The molecule has 1 fully saturated rings. The van der Waals surface area contributed by atoms with E-state index in [1.165, 1.54) is 0 Å². The van der Waals surface area contributed by atoms with E-state index in [0.717, 1.165) is 13.0 Å². The van der Waals surface area contributed by atoms with Crippen molar-refractivity contribution in [2.75, 3.05) is 40.5 Å². The number of ether oxygens (including phenoxy) is 2. The molecule has 0 radical (unpaired) electrons. The highest BCUT2D eigenvalue weighted by Gasteiger charge is 2.29. The maximum Gasteiger partial charge on any atom is 0.272 e. The fraction of sp³-hybridized carbons (Fsp3) is 0.562. The molecule has 0 spiro atoms. The Labute approximate surface area is 140 Å². The molecule has 2 aromatic heterocycles. The Hall–Kier alpha value is -2.03. The number of rotatable bonds is 6. The molecule has 24 heavy (non-hydrogen) atoms. The smallest absolute Gasteiger partial charge is 0.272 e. The normalized spacial score (nSPS) is 21.3. The van der Waals surface area contributed by atoms with Gasteiger partial charge in [-0.3, -0.25) is 4.79 Å². The first-order chi connectivity index (χ1) is 11.6. The highest BCUT2D eigenvalue weighted by molar-refractivity contribution is 5.93. The zero-order valence-electron chi connectivity index (χ0n) is 14.0. The minimum Gasteiger partial charge on any atom is -0.379 e. The third kappa shape index (κ3) is 4.08. The molecule has 3 rings (SSSR count). The van der Waals surface area contributed by atoms with E-state index in [4.69, 9.17) is 9.47 Å². The van der Waals surface area contributed by atoms with Gasteiger partial charge >= 0.3 is 0 Å². The standard InChI is InChI=1S/C16H23N5O3/c1-20(2)7-9-24-14-4-8-23-11-13(14)18-16(22)12-10-15-17-5-3-6-21(15)19-12/h3,5-6,10,13-14H,4,7-9,11H2,1-2H3,(H,18,22)/t13-,14+/m1/s1. The van der Waals surface area contributed by atoms with Crippen LogP contribution in [0.2, 0.25) is 0 Å². The lowest BCUT2D eigenvalue weighted by atomic mass is 10.1. The number of hydrogen-bond donors (Lipinski definition) is 1. The summed E-state index contributed by atoms with van der Waals surface area (Å²) in [5.74, 6) is -0.239. The summed E-state index contributed by atoms with van der Waals surface area (Å²) in [6.07, 6.45) is 4.15. The van der Waals surface area contributed by atoms with Crippen molar-refractivity contribution in [3.8, 4) is 0 Å². The van der Waals surface area contributed by atoms with E-state index in [0.29, 0.717) is 31.2 Å². The summed E-state index contributed by atoms with van der Waals surface area (Å²) < 4.78 is 13.0. The van der Waals surface area contributed by atoms with E-state index in [1.807, 2.05) is 14.1 Å². The third-order valence-corrected chi connectivity index (χ3v) is 3.95. The van der Waals surface area contributed by atoms with E-state index in [9.17, 15) is 4.79 Å². The number of nitrogens with one attached hydrogen (secondary N) is 1. The number of hydrogen-bond acceptors (Lipinski definition) is 6. The largest absolute Gasteiger partial charge is 0.379 e. The number of amides is 1. The Balaban J connectivity index is 1.62. The minimum absolute atomic E-state index is 0.0437. The van der Waals surface area contributed by atoms with Gasteiger partial charge in [0.2, 0.25) is 0 Å². The second kappa shape index (κ2) is 7.69. The van der Waals surface area contributed by atoms with Gasteiger partial charge in [0.1, 0.15) is 0 Å². The van der Waals surface area contributed by atoms with Crippen LogP contribution < -0.4 is 5.32 Å². The van der Waals surface area contributed by atoms with E-state index >= 15 is 0 Å². The topological polar surface area (TPSA) is 81.0 Å². The van der Waals surface area contributed by atoms with Crippen LogP contribution in [-0.4, -0.2) is 78.0 Å². The molecule has 3 heterocycles. The summed E-state index contributed by atoms with van der Waals surface area (Å²) in [7, 11) is 4.01. The molecular weight excluding hydrogens is 310 g/mol. The van der Waals surface area contributed by atoms with E-state index < -0.39 is 0 Å². The quantitative estimate of drug-likeness (QED) is 0.813. The zero-order chi connectivity index (χ0) is 16.9. The van der Waals surface area contributed by atoms with Crippen LogP contribution in [0.25, 0.3) is 5.65 Å². The van der Waals surface area contributed by atoms with Gasteiger partial charge in [-0.05, 0) is 26.6 Å². The van der Waals surface area contributed by atoms with Crippen molar-refractivity contribution in [3.63, 3.8) is 0 Å². The van der Waals surface area contributed by atoms with Gasteiger partial charge in [-0.15, -0.1) is 0 Å². The molecule has 0 aromatic carbocycles. The van der Waals surface area contributed by atoms with Crippen LogP contribution in [0.5, 0.6) is 0 Å². The van der Waals surface area contributed by atoms with Crippen LogP contribution in [0, 0.1) is 0 Å². The Bertz CT molecular complexity index is 654. The van der Waals surface area contributed by atoms with Crippen molar-refractivity contribution in [2.24, 2.45) is 0 Å². The average molecular weight is 333 g/mol. The fourth-order valence-electron chi connectivity index (χ4n) is 2.62. The van der Waals surface area contributed by atoms with Gasteiger partial charge in [0.05, 0.1) is 25.4 Å².